The Balaban J connectivity index is 0.00000162. The van der Waals surface area contributed by atoms with Crippen LogP contribution in [0.2, 0.25) is 0 Å². The minimum atomic E-state index is -3.40. The second kappa shape index (κ2) is 7.44. The van der Waals surface area contributed by atoms with Gasteiger partial charge in [-0.15, -0.1) is 24.8 Å². The Morgan fingerprint density at radius 3 is 2.42 bits per heavy atom. The summed E-state index contributed by atoms with van der Waals surface area (Å²) in [6.07, 6.45) is 0.842. The molecule has 1 saturated heterocycles. The number of sulfonamides is 1. The van der Waals surface area contributed by atoms with Crippen LogP contribution in [-0.2, 0) is 10.0 Å². The van der Waals surface area contributed by atoms with Crippen LogP contribution in [0.5, 0.6) is 0 Å². The highest BCUT2D eigenvalue weighted by Crippen LogP contribution is 2.21. The van der Waals surface area contributed by atoms with Crippen molar-refractivity contribution in [2.45, 2.75) is 25.2 Å². The lowest BCUT2D eigenvalue weighted by Crippen LogP contribution is -2.34. The molecule has 112 valence electrons. The van der Waals surface area contributed by atoms with Crippen molar-refractivity contribution in [3.8, 4) is 0 Å². The van der Waals surface area contributed by atoms with Crippen LogP contribution in [0.4, 0.5) is 0 Å². The van der Waals surface area contributed by atoms with E-state index in [1.807, 2.05) is 0 Å². The van der Waals surface area contributed by atoms with Crippen LogP contribution in [0.3, 0.4) is 0 Å². The van der Waals surface area contributed by atoms with Crippen molar-refractivity contribution in [2.75, 3.05) is 26.2 Å². The summed E-state index contributed by atoms with van der Waals surface area (Å²) in [5.74, 6) is 0. The van der Waals surface area contributed by atoms with Gasteiger partial charge in [0.15, 0.2) is 0 Å². The molecule has 1 aromatic rings. The van der Waals surface area contributed by atoms with E-state index < -0.39 is 10.0 Å². The molecular weight excluding hydrogens is 311 g/mol. The average Bonchev–Trinajstić information content (AvgIpc) is 2.53. The summed E-state index contributed by atoms with van der Waals surface area (Å²) in [6, 6.07) is 0. The number of aromatic amines is 1. The lowest BCUT2D eigenvalue weighted by atomic mass is 10.4. The number of aromatic nitrogens is 2. The lowest BCUT2D eigenvalue weighted by molar-refractivity contribution is 0.431. The van der Waals surface area contributed by atoms with E-state index in [1.165, 1.54) is 4.31 Å². The summed E-state index contributed by atoms with van der Waals surface area (Å²) in [6.45, 7) is 6.12. The predicted octanol–water partition coefficient (Wildman–Crippen LogP) is 0.854. The number of H-pyrrole nitrogens is 1. The Kier molecular flexibility index (Phi) is 7.31. The number of rotatable bonds is 2. The highest BCUT2D eigenvalue weighted by Gasteiger charge is 2.29. The van der Waals surface area contributed by atoms with Crippen LogP contribution in [-0.4, -0.2) is 49.1 Å². The summed E-state index contributed by atoms with van der Waals surface area (Å²) in [5.41, 5.74) is 1.15. The Hall–Kier alpha value is -0.340. The average molecular weight is 331 g/mol. The molecular formula is C10H20Cl2N4O2S. The fraction of sp³-hybridized carbons (Fsp3) is 0.700. The molecule has 0 spiro atoms. The molecule has 2 N–H and O–H groups in total. The van der Waals surface area contributed by atoms with E-state index in [9.17, 15) is 8.42 Å². The summed E-state index contributed by atoms with van der Waals surface area (Å²) < 4.78 is 26.5. The molecule has 0 bridgehead atoms. The van der Waals surface area contributed by atoms with Gasteiger partial charge < -0.3 is 5.32 Å². The summed E-state index contributed by atoms with van der Waals surface area (Å²) in [5, 5.41) is 9.87. The zero-order valence-electron chi connectivity index (χ0n) is 11.0. The van der Waals surface area contributed by atoms with Crippen LogP contribution in [0, 0.1) is 13.8 Å². The Labute approximate surface area is 126 Å². The monoisotopic (exact) mass is 330 g/mol. The molecule has 0 unspecified atom stereocenters. The van der Waals surface area contributed by atoms with Gasteiger partial charge >= 0.3 is 0 Å². The summed E-state index contributed by atoms with van der Waals surface area (Å²) in [4.78, 5) is 0.333. The molecule has 0 saturated carbocycles. The Morgan fingerprint density at radius 2 is 1.84 bits per heavy atom. The predicted molar refractivity (Wildman–Crippen MR) is 78.8 cm³/mol. The molecule has 0 radical (unpaired) electrons. The molecule has 6 nitrogen and oxygen atoms in total. The first-order chi connectivity index (χ1) is 8.03. The third-order valence-electron chi connectivity index (χ3n) is 2.96. The van der Waals surface area contributed by atoms with Gasteiger partial charge in [0.25, 0.3) is 0 Å². The molecule has 1 aliphatic rings. The second-order valence-corrected chi connectivity index (χ2v) is 6.15. The van der Waals surface area contributed by atoms with E-state index in [1.54, 1.807) is 13.8 Å². The van der Waals surface area contributed by atoms with E-state index >= 15 is 0 Å². The van der Waals surface area contributed by atoms with Crippen molar-refractivity contribution < 1.29 is 8.42 Å². The third-order valence-corrected chi connectivity index (χ3v) is 5.12. The highest BCUT2D eigenvalue weighted by molar-refractivity contribution is 7.89. The molecule has 2 rings (SSSR count). The Morgan fingerprint density at radius 1 is 1.16 bits per heavy atom. The van der Waals surface area contributed by atoms with Gasteiger partial charge in [-0.2, -0.15) is 9.40 Å². The molecule has 9 heteroatoms. The molecule has 1 fully saturated rings. The molecule has 1 aromatic heterocycles. The zero-order chi connectivity index (χ0) is 12.5. The van der Waals surface area contributed by atoms with Crippen molar-refractivity contribution in [3.05, 3.63) is 11.4 Å². The minimum Gasteiger partial charge on any atom is -0.315 e. The first kappa shape index (κ1) is 18.7. The number of aryl methyl sites for hydroxylation is 2. The zero-order valence-corrected chi connectivity index (χ0v) is 13.4. The van der Waals surface area contributed by atoms with Crippen LogP contribution in [0.1, 0.15) is 17.8 Å². The van der Waals surface area contributed by atoms with Gasteiger partial charge in [-0.25, -0.2) is 8.42 Å². The van der Waals surface area contributed by atoms with Crippen molar-refractivity contribution >= 4 is 34.8 Å². The van der Waals surface area contributed by atoms with Crippen molar-refractivity contribution in [1.82, 2.24) is 19.8 Å². The van der Waals surface area contributed by atoms with E-state index in [0.717, 1.165) is 13.0 Å². The normalized spacial score (nSPS) is 17.2. The molecule has 19 heavy (non-hydrogen) atoms. The van der Waals surface area contributed by atoms with Gasteiger partial charge in [0.1, 0.15) is 4.90 Å². The van der Waals surface area contributed by atoms with Crippen LogP contribution in [0.25, 0.3) is 0 Å². The maximum atomic E-state index is 12.5. The van der Waals surface area contributed by atoms with Gasteiger partial charge in [0.05, 0.1) is 11.4 Å². The van der Waals surface area contributed by atoms with Crippen molar-refractivity contribution in [3.63, 3.8) is 0 Å². The second-order valence-electron chi connectivity index (χ2n) is 4.27. The first-order valence-electron chi connectivity index (χ1n) is 5.76. The van der Waals surface area contributed by atoms with Gasteiger partial charge in [-0.05, 0) is 26.8 Å². The maximum absolute atomic E-state index is 12.5. The smallest absolute Gasteiger partial charge is 0.246 e. The van der Waals surface area contributed by atoms with E-state index in [4.69, 9.17) is 0 Å². The summed E-state index contributed by atoms with van der Waals surface area (Å²) >= 11 is 0. The Bertz CT molecular complexity index is 476. The summed E-state index contributed by atoms with van der Waals surface area (Å²) in [7, 11) is -3.40. The van der Waals surface area contributed by atoms with Gasteiger partial charge in [-0.3, -0.25) is 5.10 Å². The molecule has 0 amide bonds. The largest absolute Gasteiger partial charge is 0.315 e. The van der Waals surface area contributed by atoms with E-state index in [2.05, 4.69) is 15.5 Å². The van der Waals surface area contributed by atoms with Crippen LogP contribution < -0.4 is 5.32 Å². The SMILES string of the molecule is Cc1n[nH]c(C)c1S(=O)(=O)N1CCCNCC1.Cl.Cl. The first-order valence-corrected chi connectivity index (χ1v) is 7.20. The van der Waals surface area contributed by atoms with E-state index in [0.29, 0.717) is 35.9 Å². The quantitative estimate of drug-likeness (QED) is 0.842. The number of nitrogens with zero attached hydrogens (tertiary/aromatic N) is 2. The van der Waals surface area contributed by atoms with Crippen LogP contribution >= 0.6 is 24.8 Å². The number of halogens is 2. The number of hydrogen-bond acceptors (Lipinski definition) is 4. The maximum Gasteiger partial charge on any atom is 0.246 e. The van der Waals surface area contributed by atoms with Crippen molar-refractivity contribution in [2.24, 2.45) is 0 Å². The molecule has 0 aliphatic carbocycles. The number of hydrogen-bond donors (Lipinski definition) is 2. The van der Waals surface area contributed by atoms with Gasteiger partial charge in [0.2, 0.25) is 10.0 Å². The fourth-order valence-electron chi connectivity index (χ4n) is 2.11. The topological polar surface area (TPSA) is 78.1 Å². The third kappa shape index (κ3) is 3.82. The highest BCUT2D eigenvalue weighted by atomic mass is 35.5. The standard InChI is InChI=1S/C10H18N4O2S.2ClH/c1-8-10(9(2)13-12-8)17(15,16)14-6-3-4-11-5-7-14;;/h11H,3-7H2,1-2H3,(H,12,13);2*1H. The lowest BCUT2D eigenvalue weighted by Gasteiger charge is -2.19. The van der Waals surface area contributed by atoms with Gasteiger partial charge in [0, 0.05) is 19.6 Å². The molecule has 2 heterocycles. The molecule has 0 aromatic carbocycles. The van der Waals surface area contributed by atoms with E-state index in [-0.39, 0.29) is 24.8 Å². The molecule has 0 atom stereocenters. The van der Waals surface area contributed by atoms with Crippen molar-refractivity contribution in [1.29, 1.82) is 0 Å². The fourth-order valence-corrected chi connectivity index (χ4v) is 3.92. The minimum absolute atomic E-state index is 0. The molecule has 1 aliphatic heterocycles. The number of nitrogens with one attached hydrogen (secondary N) is 2. The van der Waals surface area contributed by atoms with Crippen LogP contribution in [0.15, 0.2) is 4.90 Å². The van der Waals surface area contributed by atoms with Gasteiger partial charge in [-0.1, -0.05) is 0 Å².